The molecule has 6 nitrogen and oxygen atoms in total. The fourth-order valence-corrected chi connectivity index (χ4v) is 5.68. The molecule has 186 valence electrons. The number of aromatic nitrogens is 2. The Kier molecular flexibility index (Phi) is 5.58. The molecule has 2 aliphatic heterocycles. The molecule has 0 N–H and O–H groups in total. The molecule has 3 aliphatic rings. The first-order valence-corrected chi connectivity index (χ1v) is 12.4. The molecule has 1 aliphatic carbocycles. The number of nitrogens with zero attached hydrogens (tertiary/aromatic N) is 5. The zero-order chi connectivity index (χ0) is 25.0. The Hall–Kier alpha value is -3.62. The van der Waals surface area contributed by atoms with Crippen LogP contribution in [-0.4, -0.2) is 45.4 Å². The number of anilines is 1. The van der Waals surface area contributed by atoms with Gasteiger partial charge in [0.05, 0.1) is 19.1 Å². The summed E-state index contributed by atoms with van der Waals surface area (Å²) in [4.78, 5) is 27.0. The summed E-state index contributed by atoms with van der Waals surface area (Å²) in [5, 5.41) is 0. The second-order valence-electron chi connectivity index (χ2n) is 9.65. The second-order valence-corrected chi connectivity index (χ2v) is 9.65. The molecule has 0 bridgehead atoms. The Morgan fingerprint density at radius 3 is 2.44 bits per heavy atom. The first-order valence-electron chi connectivity index (χ1n) is 12.4. The molecule has 0 unspecified atom stereocenters. The van der Waals surface area contributed by atoms with E-state index in [1.54, 1.807) is 17.0 Å². The van der Waals surface area contributed by atoms with E-state index in [-0.39, 0.29) is 30.0 Å². The summed E-state index contributed by atoms with van der Waals surface area (Å²) in [5.41, 5.74) is 1.42. The van der Waals surface area contributed by atoms with Crippen molar-refractivity contribution in [2.24, 2.45) is 10.9 Å². The van der Waals surface area contributed by atoms with Crippen LogP contribution in [0.2, 0.25) is 0 Å². The number of carbonyl (C=O) groups is 1. The number of rotatable bonds is 5. The molecule has 1 aromatic heterocycles. The highest BCUT2D eigenvalue weighted by Crippen LogP contribution is 2.40. The van der Waals surface area contributed by atoms with Gasteiger partial charge in [0.15, 0.2) is 17.3 Å². The summed E-state index contributed by atoms with van der Waals surface area (Å²) in [7, 11) is 0. The van der Waals surface area contributed by atoms with E-state index in [0.717, 1.165) is 25.0 Å². The second kappa shape index (κ2) is 8.80. The number of hydrogen-bond donors (Lipinski definition) is 0. The number of halogens is 3. The lowest BCUT2D eigenvalue weighted by atomic mass is 9.99. The number of benzene rings is 2. The number of aliphatic imine (C=N–C) groups is 1. The van der Waals surface area contributed by atoms with Crippen molar-refractivity contribution in [3.8, 4) is 11.4 Å². The van der Waals surface area contributed by atoms with Crippen LogP contribution in [0.25, 0.3) is 11.4 Å². The third-order valence-electron chi connectivity index (χ3n) is 7.47. The molecule has 9 heteroatoms. The largest absolute Gasteiger partial charge is 0.305 e. The molecule has 36 heavy (non-hydrogen) atoms. The average Bonchev–Trinajstić information content (AvgIpc) is 3.61. The summed E-state index contributed by atoms with van der Waals surface area (Å²) in [6, 6.07) is 9.72. The maximum Gasteiger partial charge on any atom is 0.283 e. The molecule has 0 spiro atoms. The molecule has 0 radical (unpaired) electrons. The predicted octanol–water partition coefficient (Wildman–Crippen LogP) is 5.23. The smallest absolute Gasteiger partial charge is 0.283 e. The van der Waals surface area contributed by atoms with Gasteiger partial charge in [-0.15, -0.1) is 0 Å². The Morgan fingerprint density at radius 2 is 1.75 bits per heavy atom. The van der Waals surface area contributed by atoms with Gasteiger partial charge in [0.25, 0.3) is 5.91 Å². The monoisotopic (exact) mass is 493 g/mol. The minimum atomic E-state index is -0.942. The topological polar surface area (TPSA) is 53.7 Å². The number of guanidine groups is 1. The highest BCUT2D eigenvalue weighted by Gasteiger charge is 2.45. The van der Waals surface area contributed by atoms with E-state index in [1.165, 1.54) is 31.0 Å². The molecule has 2 aromatic carbocycles. The minimum absolute atomic E-state index is 0.0798. The predicted molar refractivity (Wildman–Crippen MR) is 130 cm³/mol. The van der Waals surface area contributed by atoms with E-state index in [4.69, 9.17) is 9.98 Å². The van der Waals surface area contributed by atoms with E-state index in [2.05, 4.69) is 0 Å². The van der Waals surface area contributed by atoms with Gasteiger partial charge < -0.3 is 4.57 Å². The standard InChI is InChI=1S/C27H26F3N5O/c1-2-33-26(36)23-25(35-15-22(31-27(33)35)17-5-3-4-6-17)34(14-16-7-12-20(29)21(30)13-16)24(32-23)18-8-10-19(28)11-9-18/h7-13,17,22H,2-6,14-15H2,1H3/t22-/m0/s1. The fourth-order valence-electron chi connectivity index (χ4n) is 5.68. The van der Waals surface area contributed by atoms with Gasteiger partial charge in [-0.3, -0.25) is 14.6 Å². The molecule has 0 saturated heterocycles. The fraction of sp³-hybridized carbons (Fsp3) is 0.370. The maximum absolute atomic E-state index is 14.1. The molecule has 3 aromatic rings. The Labute approximate surface area is 207 Å². The van der Waals surface area contributed by atoms with Crippen LogP contribution in [0.1, 0.15) is 48.7 Å². The van der Waals surface area contributed by atoms with Crippen LogP contribution in [0.4, 0.5) is 19.0 Å². The van der Waals surface area contributed by atoms with Crippen LogP contribution in [0.15, 0.2) is 47.5 Å². The SMILES string of the molecule is CCN1C(=O)c2nc(-c3ccc(F)cc3)n(Cc3ccc(F)c(F)c3)c2N2C[C@@H](C3CCCC3)N=C12. The van der Waals surface area contributed by atoms with Crippen molar-refractivity contribution in [2.75, 3.05) is 18.0 Å². The molecule has 6 rings (SSSR count). The quantitative estimate of drug-likeness (QED) is 0.489. The van der Waals surface area contributed by atoms with Gasteiger partial charge >= 0.3 is 0 Å². The molecule has 3 heterocycles. The van der Waals surface area contributed by atoms with E-state index in [9.17, 15) is 18.0 Å². The van der Waals surface area contributed by atoms with Gasteiger partial charge in [-0.05, 0) is 67.6 Å². The van der Waals surface area contributed by atoms with Crippen molar-refractivity contribution < 1.29 is 18.0 Å². The highest BCUT2D eigenvalue weighted by molar-refractivity contribution is 6.18. The molecule has 1 saturated carbocycles. The van der Waals surface area contributed by atoms with Crippen LogP contribution in [0.3, 0.4) is 0 Å². The van der Waals surface area contributed by atoms with Crippen molar-refractivity contribution in [1.82, 2.24) is 14.5 Å². The number of imidazole rings is 1. The zero-order valence-electron chi connectivity index (χ0n) is 19.9. The Morgan fingerprint density at radius 1 is 1.00 bits per heavy atom. The maximum atomic E-state index is 14.1. The number of amides is 1. The summed E-state index contributed by atoms with van der Waals surface area (Å²) < 4.78 is 43.2. The molecular weight excluding hydrogens is 467 g/mol. The Balaban J connectivity index is 1.51. The van der Waals surface area contributed by atoms with E-state index in [1.807, 2.05) is 16.4 Å². The lowest BCUT2D eigenvalue weighted by Gasteiger charge is -2.34. The molecular formula is C27H26F3N5O. The lowest BCUT2D eigenvalue weighted by Crippen LogP contribution is -2.50. The normalized spacial score (nSPS) is 19.6. The zero-order valence-corrected chi connectivity index (χ0v) is 19.9. The van der Waals surface area contributed by atoms with Gasteiger partial charge in [0.2, 0.25) is 5.96 Å². The van der Waals surface area contributed by atoms with Gasteiger partial charge in [-0.25, -0.2) is 23.1 Å². The average molecular weight is 494 g/mol. The number of fused-ring (bicyclic) bond motifs is 3. The third kappa shape index (κ3) is 3.68. The van der Waals surface area contributed by atoms with E-state index in [0.29, 0.717) is 47.7 Å². The van der Waals surface area contributed by atoms with Gasteiger partial charge in [0, 0.05) is 12.1 Å². The van der Waals surface area contributed by atoms with Crippen molar-refractivity contribution >= 4 is 17.7 Å². The number of carbonyl (C=O) groups excluding carboxylic acids is 1. The lowest BCUT2D eigenvalue weighted by molar-refractivity contribution is 0.0841. The molecule has 1 fully saturated rings. The Bertz CT molecular complexity index is 1360. The van der Waals surface area contributed by atoms with Crippen LogP contribution in [-0.2, 0) is 6.54 Å². The van der Waals surface area contributed by atoms with Crippen LogP contribution >= 0.6 is 0 Å². The summed E-state index contributed by atoms with van der Waals surface area (Å²) in [6.07, 6.45) is 4.63. The first kappa shape index (κ1) is 22.8. The van der Waals surface area contributed by atoms with Gasteiger partial charge in [-0.1, -0.05) is 18.9 Å². The molecule has 1 amide bonds. The summed E-state index contributed by atoms with van der Waals surface area (Å²) >= 11 is 0. The van der Waals surface area contributed by atoms with E-state index >= 15 is 0 Å². The van der Waals surface area contributed by atoms with Crippen molar-refractivity contribution in [3.05, 3.63) is 71.2 Å². The first-order chi connectivity index (χ1) is 17.4. The van der Waals surface area contributed by atoms with Gasteiger partial charge in [-0.2, -0.15) is 0 Å². The molecule has 1 atom stereocenters. The van der Waals surface area contributed by atoms with Crippen molar-refractivity contribution in [3.63, 3.8) is 0 Å². The van der Waals surface area contributed by atoms with E-state index < -0.39 is 11.6 Å². The summed E-state index contributed by atoms with van der Waals surface area (Å²) in [5.74, 6) is -0.364. The third-order valence-corrected chi connectivity index (χ3v) is 7.47. The number of hydrogen-bond acceptors (Lipinski definition) is 4. The van der Waals surface area contributed by atoms with Gasteiger partial charge in [0.1, 0.15) is 17.5 Å². The highest BCUT2D eigenvalue weighted by atomic mass is 19.2. The van der Waals surface area contributed by atoms with Crippen molar-refractivity contribution in [2.45, 2.75) is 45.2 Å². The minimum Gasteiger partial charge on any atom is -0.305 e. The van der Waals surface area contributed by atoms with Crippen molar-refractivity contribution in [1.29, 1.82) is 0 Å². The van der Waals surface area contributed by atoms with Crippen LogP contribution in [0.5, 0.6) is 0 Å². The van der Waals surface area contributed by atoms with Crippen LogP contribution in [0, 0.1) is 23.4 Å². The van der Waals surface area contributed by atoms with Crippen LogP contribution < -0.4 is 4.90 Å². The summed E-state index contributed by atoms with van der Waals surface area (Å²) in [6.45, 7) is 3.14.